The SMILES string of the molecule is Cc1c(F)cccc1CNC(=O)N(C)[C@@H](CCC(=O)CC1CCCNCC1)COC(=O)CCc1cc2ccccc2cn1. The first kappa shape index (κ1) is 32.1. The second-order valence-electron chi connectivity index (χ2n) is 11.5. The third kappa shape index (κ3) is 9.85. The van der Waals surface area contributed by atoms with Crippen molar-refractivity contribution in [1.29, 1.82) is 0 Å². The van der Waals surface area contributed by atoms with Crippen LogP contribution in [0.15, 0.2) is 54.7 Å². The predicted molar refractivity (Wildman–Crippen MR) is 165 cm³/mol. The van der Waals surface area contributed by atoms with Crippen molar-refractivity contribution in [2.24, 2.45) is 5.92 Å². The number of nitrogens with zero attached hydrogens (tertiary/aromatic N) is 2. The normalized spacial score (nSPS) is 15.8. The van der Waals surface area contributed by atoms with Crippen molar-refractivity contribution in [2.45, 2.75) is 70.9 Å². The molecular formula is C34H43FN4O4. The first-order valence-corrected chi connectivity index (χ1v) is 15.3. The molecule has 230 valence electrons. The Morgan fingerprint density at radius 1 is 1.09 bits per heavy atom. The fourth-order valence-corrected chi connectivity index (χ4v) is 5.50. The van der Waals surface area contributed by atoms with Gasteiger partial charge >= 0.3 is 12.0 Å². The molecule has 0 aliphatic carbocycles. The Labute approximate surface area is 253 Å². The van der Waals surface area contributed by atoms with Crippen molar-refractivity contribution < 1.29 is 23.5 Å². The zero-order chi connectivity index (χ0) is 30.6. The lowest BCUT2D eigenvalue weighted by atomic mass is 9.92. The van der Waals surface area contributed by atoms with E-state index in [1.807, 2.05) is 30.3 Å². The number of carbonyl (C=O) groups is 3. The Hall–Kier alpha value is -3.85. The number of esters is 1. The molecule has 9 heteroatoms. The molecule has 3 aromatic rings. The van der Waals surface area contributed by atoms with Gasteiger partial charge < -0.3 is 20.3 Å². The van der Waals surface area contributed by atoms with Crippen molar-refractivity contribution >= 4 is 28.6 Å². The monoisotopic (exact) mass is 590 g/mol. The minimum atomic E-state index is -0.490. The van der Waals surface area contributed by atoms with Gasteiger partial charge in [0.2, 0.25) is 0 Å². The van der Waals surface area contributed by atoms with Crippen LogP contribution in [0.3, 0.4) is 0 Å². The number of fused-ring (bicyclic) bond motifs is 1. The number of urea groups is 1. The van der Waals surface area contributed by atoms with Gasteiger partial charge in [-0.05, 0) is 80.3 Å². The van der Waals surface area contributed by atoms with Crippen LogP contribution in [0, 0.1) is 18.7 Å². The summed E-state index contributed by atoms with van der Waals surface area (Å²) >= 11 is 0. The number of aromatic nitrogens is 1. The number of Topliss-reactive ketones (excluding diaryl/α,β-unsaturated/α-hetero) is 1. The van der Waals surface area contributed by atoms with E-state index in [2.05, 4.69) is 15.6 Å². The van der Waals surface area contributed by atoms with Crippen LogP contribution in [-0.4, -0.2) is 60.5 Å². The summed E-state index contributed by atoms with van der Waals surface area (Å²) < 4.78 is 19.6. The predicted octanol–water partition coefficient (Wildman–Crippen LogP) is 5.50. The summed E-state index contributed by atoms with van der Waals surface area (Å²) in [6, 6.07) is 13.8. The average Bonchev–Trinajstić information content (AvgIpc) is 3.28. The van der Waals surface area contributed by atoms with Gasteiger partial charge in [-0.1, -0.05) is 36.4 Å². The second-order valence-corrected chi connectivity index (χ2v) is 11.5. The number of pyridine rings is 1. The van der Waals surface area contributed by atoms with Gasteiger partial charge in [-0.25, -0.2) is 9.18 Å². The molecule has 1 unspecified atom stereocenters. The highest BCUT2D eigenvalue weighted by Gasteiger charge is 2.24. The third-order valence-corrected chi connectivity index (χ3v) is 8.36. The smallest absolute Gasteiger partial charge is 0.317 e. The number of hydrogen-bond acceptors (Lipinski definition) is 6. The molecule has 43 heavy (non-hydrogen) atoms. The number of likely N-dealkylation sites (N-methyl/N-ethyl adjacent to an activating group) is 1. The molecule has 2 amide bonds. The number of carbonyl (C=O) groups excluding carboxylic acids is 3. The highest BCUT2D eigenvalue weighted by atomic mass is 19.1. The summed E-state index contributed by atoms with van der Waals surface area (Å²) in [6.07, 6.45) is 6.69. The molecule has 0 saturated carbocycles. The van der Waals surface area contributed by atoms with E-state index >= 15 is 0 Å². The van der Waals surface area contributed by atoms with Crippen LogP contribution in [0.5, 0.6) is 0 Å². The van der Waals surface area contributed by atoms with E-state index in [-0.39, 0.29) is 43.2 Å². The molecule has 0 bridgehead atoms. The first-order chi connectivity index (χ1) is 20.8. The summed E-state index contributed by atoms with van der Waals surface area (Å²) in [5.41, 5.74) is 1.96. The van der Waals surface area contributed by atoms with Gasteiger partial charge in [0.15, 0.2) is 0 Å². The van der Waals surface area contributed by atoms with E-state index in [0.29, 0.717) is 42.7 Å². The van der Waals surface area contributed by atoms with E-state index in [4.69, 9.17) is 4.74 Å². The molecule has 2 N–H and O–H groups in total. The molecule has 1 fully saturated rings. The third-order valence-electron chi connectivity index (χ3n) is 8.36. The highest BCUT2D eigenvalue weighted by Crippen LogP contribution is 2.20. The Bertz CT molecular complexity index is 1390. The zero-order valence-electron chi connectivity index (χ0n) is 25.2. The van der Waals surface area contributed by atoms with Crippen LogP contribution < -0.4 is 10.6 Å². The van der Waals surface area contributed by atoms with Gasteiger partial charge in [0, 0.05) is 50.1 Å². The first-order valence-electron chi connectivity index (χ1n) is 15.3. The van der Waals surface area contributed by atoms with Gasteiger partial charge in [0.05, 0.1) is 12.5 Å². The Morgan fingerprint density at radius 2 is 1.91 bits per heavy atom. The number of halogens is 1. The molecule has 1 aromatic heterocycles. The Kier molecular flexibility index (Phi) is 12.0. The number of benzene rings is 2. The van der Waals surface area contributed by atoms with Crippen molar-refractivity contribution in [2.75, 3.05) is 26.7 Å². The maximum atomic E-state index is 14.0. The number of amides is 2. The van der Waals surface area contributed by atoms with Gasteiger partial charge in [0.1, 0.15) is 18.2 Å². The largest absolute Gasteiger partial charge is 0.463 e. The molecule has 0 spiro atoms. The maximum Gasteiger partial charge on any atom is 0.317 e. The van der Waals surface area contributed by atoms with Gasteiger partial charge in [-0.3, -0.25) is 14.6 Å². The van der Waals surface area contributed by atoms with E-state index < -0.39 is 6.04 Å². The van der Waals surface area contributed by atoms with E-state index in [0.717, 1.165) is 48.8 Å². The summed E-state index contributed by atoms with van der Waals surface area (Å²) in [6.45, 7) is 3.73. The summed E-state index contributed by atoms with van der Waals surface area (Å²) in [7, 11) is 1.63. The van der Waals surface area contributed by atoms with Crippen molar-refractivity contribution in [3.8, 4) is 0 Å². The molecule has 2 heterocycles. The fraction of sp³-hybridized carbons (Fsp3) is 0.471. The molecule has 2 atom stereocenters. The molecule has 0 radical (unpaired) electrons. The lowest BCUT2D eigenvalue weighted by molar-refractivity contribution is -0.145. The number of ether oxygens (including phenoxy) is 1. The van der Waals surface area contributed by atoms with Gasteiger partial charge in [0.25, 0.3) is 0 Å². The summed E-state index contributed by atoms with van der Waals surface area (Å²) in [4.78, 5) is 44.6. The number of ketones is 1. The summed E-state index contributed by atoms with van der Waals surface area (Å²) in [5, 5.41) is 8.31. The minimum Gasteiger partial charge on any atom is -0.463 e. The van der Waals surface area contributed by atoms with E-state index in [9.17, 15) is 18.8 Å². The minimum absolute atomic E-state index is 0.0203. The van der Waals surface area contributed by atoms with E-state index in [1.54, 1.807) is 32.3 Å². The van der Waals surface area contributed by atoms with Gasteiger partial charge in [-0.15, -0.1) is 0 Å². The van der Waals surface area contributed by atoms with Gasteiger partial charge in [-0.2, -0.15) is 0 Å². The molecule has 1 saturated heterocycles. The number of rotatable bonds is 13. The number of hydrogen-bond donors (Lipinski definition) is 2. The topological polar surface area (TPSA) is 101 Å². The number of aryl methyl sites for hydroxylation is 1. The quantitative estimate of drug-likeness (QED) is 0.255. The van der Waals surface area contributed by atoms with E-state index in [1.165, 1.54) is 11.0 Å². The zero-order valence-corrected chi connectivity index (χ0v) is 25.2. The highest BCUT2D eigenvalue weighted by molar-refractivity contribution is 5.82. The van der Waals surface area contributed by atoms with Crippen LogP contribution in [0.25, 0.3) is 10.8 Å². The van der Waals surface area contributed by atoms with Crippen LogP contribution in [0.2, 0.25) is 0 Å². The lowest BCUT2D eigenvalue weighted by Gasteiger charge is -2.28. The molecule has 1 aliphatic rings. The molecule has 1 aliphatic heterocycles. The van der Waals surface area contributed by atoms with Crippen molar-refractivity contribution in [1.82, 2.24) is 20.5 Å². The van der Waals surface area contributed by atoms with Crippen LogP contribution in [-0.2, 0) is 27.3 Å². The number of nitrogens with one attached hydrogen (secondary N) is 2. The fourth-order valence-electron chi connectivity index (χ4n) is 5.50. The van der Waals surface area contributed by atoms with Crippen LogP contribution >= 0.6 is 0 Å². The maximum absolute atomic E-state index is 14.0. The average molecular weight is 591 g/mol. The molecule has 8 nitrogen and oxygen atoms in total. The summed E-state index contributed by atoms with van der Waals surface area (Å²) in [5.74, 6) is -0.180. The Morgan fingerprint density at radius 3 is 2.74 bits per heavy atom. The van der Waals surface area contributed by atoms with Crippen LogP contribution in [0.4, 0.5) is 9.18 Å². The van der Waals surface area contributed by atoms with Crippen molar-refractivity contribution in [3.63, 3.8) is 0 Å². The lowest BCUT2D eigenvalue weighted by Crippen LogP contribution is -2.46. The molecular weight excluding hydrogens is 547 g/mol. The molecule has 4 rings (SSSR count). The van der Waals surface area contributed by atoms with Crippen LogP contribution in [0.1, 0.15) is 61.8 Å². The second kappa shape index (κ2) is 16.1. The molecule has 2 aromatic carbocycles. The standard InChI is InChI=1S/C34H43FN4O4/c1-24-27(10-5-11-32(24)35)21-38-34(42)39(2)30(13-14-31(40)19-25-7-6-17-36-18-16-25)23-43-33(41)15-12-29-20-26-8-3-4-9-28(26)22-37-29/h3-5,8-11,20,22,25,30,36H,6-7,12-19,21,23H2,1-2H3,(H,38,42)/t25?,30-/m0/s1. The van der Waals surface area contributed by atoms with Crippen molar-refractivity contribution in [3.05, 3.63) is 77.4 Å². The Balaban J connectivity index is 1.33.